The molecule has 4 nitrogen and oxygen atoms in total. The number of aromatic nitrogens is 3. The maximum Gasteiger partial charge on any atom is 0.276 e. The van der Waals surface area contributed by atoms with Gasteiger partial charge in [-0.1, -0.05) is 53.3 Å². The van der Waals surface area contributed by atoms with E-state index in [4.69, 9.17) is 11.6 Å². The molecule has 0 aliphatic carbocycles. The monoisotopic (exact) mass is 357 g/mol. The van der Waals surface area contributed by atoms with Gasteiger partial charge in [0.15, 0.2) is 5.82 Å². The summed E-state index contributed by atoms with van der Waals surface area (Å²) in [6.45, 7) is 0. The van der Waals surface area contributed by atoms with Crippen molar-refractivity contribution < 1.29 is 4.39 Å². The molecule has 0 unspecified atom stereocenters. The normalized spacial score (nSPS) is 12.2. The summed E-state index contributed by atoms with van der Waals surface area (Å²) < 4.78 is 15.6. The Morgan fingerprint density at radius 3 is 2.75 bits per heavy atom. The lowest BCUT2D eigenvalue weighted by molar-refractivity contribution is 0.625. The minimum Gasteiger partial charge on any atom is -0.267 e. The van der Waals surface area contributed by atoms with E-state index in [0.717, 1.165) is 0 Å². The van der Waals surface area contributed by atoms with Gasteiger partial charge < -0.3 is 0 Å². The number of halogens is 2. The molecule has 0 spiro atoms. The topological polar surface area (TPSA) is 47.3 Å². The largest absolute Gasteiger partial charge is 0.276 e. The fourth-order valence-corrected chi connectivity index (χ4v) is 3.50. The molecule has 2 aromatic carbocycles. The summed E-state index contributed by atoms with van der Waals surface area (Å²) in [6, 6.07) is 13.3. The van der Waals surface area contributed by atoms with Crippen molar-refractivity contribution in [1.29, 1.82) is 0 Å². The van der Waals surface area contributed by atoms with Crippen LogP contribution < -0.4 is 10.1 Å². The van der Waals surface area contributed by atoms with Crippen LogP contribution in [-0.4, -0.2) is 14.6 Å². The van der Waals surface area contributed by atoms with E-state index in [9.17, 15) is 9.18 Å². The van der Waals surface area contributed by atoms with E-state index in [2.05, 4.69) is 10.2 Å². The van der Waals surface area contributed by atoms with Crippen molar-refractivity contribution >= 4 is 34.0 Å². The van der Waals surface area contributed by atoms with Gasteiger partial charge in [-0.25, -0.2) is 8.79 Å². The van der Waals surface area contributed by atoms with Crippen LogP contribution in [0.25, 0.3) is 22.4 Å². The molecule has 0 bridgehead atoms. The molecular formula is C17H9ClFN3OS. The smallest absolute Gasteiger partial charge is 0.267 e. The molecule has 118 valence electrons. The number of rotatable bonds is 2. The standard InChI is InChI=1S/C17H9ClFN3OS/c18-12-6-3-5-11(8-12)15-20-21-17-22(15)16(23)14(24-17)9-10-4-1-2-7-13(10)19/h1-9H. The number of nitrogens with zero attached hydrogens (tertiary/aromatic N) is 3. The minimum absolute atomic E-state index is 0.279. The van der Waals surface area contributed by atoms with Crippen LogP contribution in [0.5, 0.6) is 0 Å². The van der Waals surface area contributed by atoms with Gasteiger partial charge in [-0.2, -0.15) is 0 Å². The van der Waals surface area contributed by atoms with Gasteiger partial charge >= 0.3 is 0 Å². The molecular weight excluding hydrogens is 349 g/mol. The zero-order valence-electron chi connectivity index (χ0n) is 12.1. The number of hydrogen-bond acceptors (Lipinski definition) is 4. The fraction of sp³-hybridized carbons (Fsp3) is 0. The Kier molecular flexibility index (Phi) is 3.63. The van der Waals surface area contributed by atoms with E-state index in [1.54, 1.807) is 42.5 Å². The SMILES string of the molecule is O=c1c(=Cc2ccccc2F)sc2nnc(-c3cccc(Cl)c3)n12. The van der Waals surface area contributed by atoms with Gasteiger partial charge in [-0.05, 0) is 24.3 Å². The summed E-state index contributed by atoms with van der Waals surface area (Å²) in [5.41, 5.74) is 0.775. The van der Waals surface area contributed by atoms with Gasteiger partial charge in [0.05, 0.1) is 4.53 Å². The third kappa shape index (κ3) is 2.50. The van der Waals surface area contributed by atoms with Gasteiger partial charge in [0, 0.05) is 16.1 Å². The zero-order valence-corrected chi connectivity index (χ0v) is 13.7. The molecule has 0 radical (unpaired) electrons. The molecule has 0 aliphatic heterocycles. The summed E-state index contributed by atoms with van der Waals surface area (Å²) in [5, 5.41) is 8.66. The molecule has 0 fully saturated rings. The highest BCUT2D eigenvalue weighted by atomic mass is 35.5. The molecule has 0 atom stereocenters. The molecule has 0 amide bonds. The van der Waals surface area contributed by atoms with Crippen molar-refractivity contribution in [3.8, 4) is 11.4 Å². The van der Waals surface area contributed by atoms with Gasteiger partial charge in [0.1, 0.15) is 5.82 Å². The predicted molar refractivity (Wildman–Crippen MR) is 92.8 cm³/mol. The van der Waals surface area contributed by atoms with Crippen molar-refractivity contribution in [2.24, 2.45) is 0 Å². The lowest BCUT2D eigenvalue weighted by atomic mass is 10.2. The van der Waals surface area contributed by atoms with Crippen LogP contribution in [0.2, 0.25) is 5.02 Å². The molecule has 4 rings (SSSR count). The summed E-state index contributed by atoms with van der Waals surface area (Å²) >= 11 is 7.17. The van der Waals surface area contributed by atoms with Gasteiger partial charge in [0.25, 0.3) is 5.56 Å². The zero-order chi connectivity index (χ0) is 16.7. The highest BCUT2D eigenvalue weighted by Gasteiger charge is 2.14. The number of thiazole rings is 1. The average Bonchev–Trinajstić information content (AvgIpc) is 3.11. The van der Waals surface area contributed by atoms with Crippen molar-refractivity contribution in [3.63, 3.8) is 0 Å². The average molecular weight is 358 g/mol. The Balaban J connectivity index is 1.95. The first-order chi connectivity index (χ1) is 11.6. The van der Waals surface area contributed by atoms with Crippen molar-refractivity contribution in [3.05, 3.63) is 79.8 Å². The van der Waals surface area contributed by atoms with Crippen LogP contribution in [0.15, 0.2) is 53.3 Å². The number of fused-ring (bicyclic) bond motifs is 1. The molecule has 4 aromatic rings. The molecule has 24 heavy (non-hydrogen) atoms. The van der Waals surface area contributed by atoms with E-state index >= 15 is 0 Å². The Bertz CT molecular complexity index is 1170. The fourth-order valence-electron chi connectivity index (χ4n) is 2.41. The molecule has 0 N–H and O–H groups in total. The van der Waals surface area contributed by atoms with E-state index in [-0.39, 0.29) is 11.4 Å². The van der Waals surface area contributed by atoms with Crippen molar-refractivity contribution in [2.45, 2.75) is 0 Å². The van der Waals surface area contributed by atoms with E-state index in [0.29, 0.717) is 31.5 Å². The first-order valence-electron chi connectivity index (χ1n) is 7.03. The Labute approximate surface area is 144 Å². The van der Waals surface area contributed by atoms with E-state index in [1.165, 1.54) is 27.9 Å². The predicted octanol–water partition coefficient (Wildman–Crippen LogP) is 3.16. The maximum atomic E-state index is 13.8. The Hall–Kier alpha value is -2.57. The number of hydrogen-bond donors (Lipinski definition) is 0. The first-order valence-corrected chi connectivity index (χ1v) is 8.23. The second-order valence-corrected chi connectivity index (χ2v) is 6.53. The third-order valence-corrected chi connectivity index (χ3v) is 4.72. The summed E-state index contributed by atoms with van der Waals surface area (Å²) in [6.07, 6.45) is 1.53. The van der Waals surface area contributed by atoms with Gasteiger partial charge in [-0.3, -0.25) is 4.79 Å². The molecule has 2 heterocycles. The lowest BCUT2D eigenvalue weighted by Gasteiger charge is -1.97. The molecule has 0 aliphatic rings. The van der Waals surface area contributed by atoms with Crippen LogP contribution in [0, 0.1) is 5.82 Å². The summed E-state index contributed by atoms with van der Waals surface area (Å²) in [7, 11) is 0. The Morgan fingerprint density at radius 2 is 1.96 bits per heavy atom. The third-order valence-electron chi connectivity index (χ3n) is 3.52. The number of benzene rings is 2. The van der Waals surface area contributed by atoms with Crippen LogP contribution >= 0.6 is 22.9 Å². The summed E-state index contributed by atoms with van der Waals surface area (Å²) in [5.74, 6) is 0.0399. The molecule has 7 heteroatoms. The van der Waals surface area contributed by atoms with Crippen LogP contribution in [0.4, 0.5) is 4.39 Å². The minimum atomic E-state index is -0.379. The molecule has 2 aromatic heterocycles. The van der Waals surface area contributed by atoms with Crippen molar-refractivity contribution in [1.82, 2.24) is 14.6 Å². The maximum absolute atomic E-state index is 13.8. The summed E-state index contributed by atoms with van der Waals surface area (Å²) in [4.78, 5) is 13.1. The second kappa shape index (κ2) is 5.81. The van der Waals surface area contributed by atoms with Gasteiger partial charge in [-0.15, -0.1) is 10.2 Å². The van der Waals surface area contributed by atoms with Gasteiger partial charge in [0.2, 0.25) is 4.96 Å². The van der Waals surface area contributed by atoms with E-state index in [1.807, 2.05) is 0 Å². The second-order valence-electron chi connectivity index (χ2n) is 5.09. The van der Waals surface area contributed by atoms with Crippen LogP contribution in [0.1, 0.15) is 5.56 Å². The molecule has 0 saturated heterocycles. The highest BCUT2D eigenvalue weighted by molar-refractivity contribution is 7.15. The highest BCUT2D eigenvalue weighted by Crippen LogP contribution is 2.21. The molecule has 0 saturated carbocycles. The Morgan fingerprint density at radius 1 is 1.12 bits per heavy atom. The van der Waals surface area contributed by atoms with Crippen molar-refractivity contribution in [2.75, 3.05) is 0 Å². The lowest BCUT2D eigenvalue weighted by Crippen LogP contribution is -2.23. The quantitative estimate of drug-likeness (QED) is 0.553. The first kappa shape index (κ1) is 15.0. The van der Waals surface area contributed by atoms with Crippen LogP contribution in [-0.2, 0) is 0 Å². The van der Waals surface area contributed by atoms with Crippen LogP contribution in [0.3, 0.4) is 0 Å². The van der Waals surface area contributed by atoms with E-state index < -0.39 is 0 Å².